The molecule has 0 aliphatic heterocycles. The minimum absolute atomic E-state index is 0.0194. The van der Waals surface area contributed by atoms with Crippen molar-refractivity contribution in [1.29, 1.82) is 0 Å². The lowest BCUT2D eigenvalue weighted by Gasteiger charge is -2.71. The van der Waals surface area contributed by atoms with E-state index in [1.54, 1.807) is 13.0 Å². The van der Waals surface area contributed by atoms with E-state index in [1.165, 1.54) is 12.7 Å². The Morgan fingerprint density at radius 3 is 2.27 bits per heavy atom. The number of esters is 2. The maximum absolute atomic E-state index is 14.0. The number of rotatable bonds is 3. The van der Waals surface area contributed by atoms with Gasteiger partial charge in [-0.05, 0) is 111 Å². The van der Waals surface area contributed by atoms with Gasteiger partial charge in [0.2, 0.25) is 0 Å². The molecule has 5 aliphatic carbocycles. The van der Waals surface area contributed by atoms with Crippen molar-refractivity contribution in [3.63, 3.8) is 0 Å². The molecular weight excluding hydrogens is 512 g/mol. The molecule has 4 saturated carbocycles. The van der Waals surface area contributed by atoms with E-state index in [-0.39, 0.29) is 51.0 Å². The van der Waals surface area contributed by atoms with Gasteiger partial charge in [-0.25, -0.2) is 4.79 Å². The fraction of sp³-hybridized carbons (Fsp3) is 0.833. The van der Waals surface area contributed by atoms with E-state index >= 15 is 0 Å². The molecule has 230 valence electrons. The second-order valence-corrected chi connectivity index (χ2v) is 16.7. The molecule has 0 aromatic rings. The number of ether oxygens (including phenoxy) is 2. The molecule has 5 heteroatoms. The Bertz CT molecular complexity index is 1160. The third-order valence-electron chi connectivity index (χ3n) is 14.2. The van der Waals surface area contributed by atoms with Crippen molar-refractivity contribution in [2.24, 2.45) is 50.2 Å². The highest BCUT2D eigenvalue weighted by molar-refractivity contribution is 5.88. The summed E-state index contributed by atoms with van der Waals surface area (Å²) in [7, 11) is 1.49. The highest BCUT2D eigenvalue weighted by atomic mass is 16.6. The summed E-state index contributed by atoms with van der Waals surface area (Å²) in [6.45, 7) is 20.3. The number of hydrogen-bond donors (Lipinski definition) is 1. The number of allylic oxidation sites excluding steroid dienone is 3. The summed E-state index contributed by atoms with van der Waals surface area (Å²) in [6, 6.07) is 0. The van der Waals surface area contributed by atoms with Crippen molar-refractivity contribution in [2.75, 3.05) is 7.11 Å². The Morgan fingerprint density at radius 1 is 0.951 bits per heavy atom. The van der Waals surface area contributed by atoms with Crippen LogP contribution in [0.4, 0.5) is 0 Å². The predicted octanol–water partition coefficient (Wildman–Crippen LogP) is 7.81. The number of carbonyl (C=O) groups is 2. The van der Waals surface area contributed by atoms with Crippen molar-refractivity contribution < 1.29 is 24.2 Å². The summed E-state index contributed by atoms with van der Waals surface area (Å²) in [4.78, 5) is 27.1. The fourth-order valence-corrected chi connectivity index (χ4v) is 11.4. The van der Waals surface area contributed by atoms with Crippen molar-refractivity contribution >= 4 is 11.9 Å². The van der Waals surface area contributed by atoms with Crippen LogP contribution in [0, 0.1) is 50.2 Å². The number of methoxy groups -OCH3 is 1. The van der Waals surface area contributed by atoms with Gasteiger partial charge in [-0.1, -0.05) is 66.2 Å². The number of fused-ring (bicyclic) bond motifs is 7. The summed E-state index contributed by atoms with van der Waals surface area (Å²) in [5.74, 6) is 0.461. The largest absolute Gasteiger partial charge is 0.468 e. The van der Waals surface area contributed by atoms with Crippen LogP contribution in [-0.4, -0.2) is 36.4 Å². The number of aliphatic hydroxyl groups excluding tert-OH is 1. The van der Waals surface area contributed by atoms with E-state index in [1.807, 2.05) is 6.92 Å². The first-order valence-corrected chi connectivity index (χ1v) is 16.3. The van der Waals surface area contributed by atoms with E-state index in [0.717, 1.165) is 44.9 Å². The van der Waals surface area contributed by atoms with Crippen LogP contribution in [0.15, 0.2) is 23.3 Å². The average molecular weight is 569 g/mol. The van der Waals surface area contributed by atoms with Gasteiger partial charge in [0.25, 0.3) is 0 Å². The second kappa shape index (κ2) is 9.69. The summed E-state index contributed by atoms with van der Waals surface area (Å²) in [6.07, 6.45) is 11.9. The maximum Gasteiger partial charge on any atom is 0.333 e. The Balaban J connectivity index is 1.61. The average Bonchev–Trinajstić information content (AvgIpc) is 2.90. The van der Waals surface area contributed by atoms with Gasteiger partial charge in [-0.2, -0.15) is 0 Å². The van der Waals surface area contributed by atoms with Gasteiger partial charge in [0.15, 0.2) is 0 Å². The minimum Gasteiger partial charge on any atom is -0.468 e. The molecule has 0 unspecified atom stereocenters. The molecule has 0 heterocycles. The summed E-state index contributed by atoms with van der Waals surface area (Å²) < 4.78 is 11.9. The number of carbonyl (C=O) groups excluding carboxylic acids is 2. The molecule has 9 atom stereocenters. The topological polar surface area (TPSA) is 72.8 Å². The van der Waals surface area contributed by atoms with Crippen LogP contribution in [0.5, 0.6) is 0 Å². The van der Waals surface area contributed by atoms with Gasteiger partial charge >= 0.3 is 11.9 Å². The maximum atomic E-state index is 14.0. The van der Waals surface area contributed by atoms with Crippen LogP contribution in [0.25, 0.3) is 0 Å². The highest BCUT2D eigenvalue weighted by Crippen LogP contribution is 2.76. The molecule has 5 rings (SSSR count). The van der Waals surface area contributed by atoms with Crippen LogP contribution in [-0.2, 0) is 19.1 Å². The van der Waals surface area contributed by atoms with Crippen molar-refractivity contribution in [2.45, 2.75) is 132 Å². The van der Waals surface area contributed by atoms with Crippen LogP contribution >= 0.6 is 0 Å². The molecule has 41 heavy (non-hydrogen) atoms. The van der Waals surface area contributed by atoms with Crippen LogP contribution < -0.4 is 0 Å². The Kier molecular flexibility index (Phi) is 7.29. The van der Waals surface area contributed by atoms with Gasteiger partial charge < -0.3 is 14.6 Å². The van der Waals surface area contributed by atoms with Gasteiger partial charge in [0.1, 0.15) is 11.5 Å². The van der Waals surface area contributed by atoms with E-state index in [0.29, 0.717) is 30.3 Å². The fourth-order valence-electron chi connectivity index (χ4n) is 11.4. The zero-order valence-corrected chi connectivity index (χ0v) is 27.5. The molecule has 0 saturated heterocycles. The van der Waals surface area contributed by atoms with Gasteiger partial charge in [-0.15, -0.1) is 0 Å². The minimum atomic E-state index is -0.861. The zero-order valence-electron chi connectivity index (χ0n) is 27.5. The molecule has 0 aromatic carbocycles. The summed E-state index contributed by atoms with van der Waals surface area (Å²) in [5.41, 5.74) is 1.19. The Hall–Kier alpha value is -1.62. The monoisotopic (exact) mass is 568 g/mol. The summed E-state index contributed by atoms with van der Waals surface area (Å²) in [5, 5.41) is 11.0. The van der Waals surface area contributed by atoms with E-state index in [2.05, 4.69) is 54.5 Å². The first kappa shape index (κ1) is 30.8. The van der Waals surface area contributed by atoms with E-state index in [4.69, 9.17) is 9.47 Å². The van der Waals surface area contributed by atoms with Crippen LogP contribution in [0.1, 0.15) is 120 Å². The lowest BCUT2D eigenvalue weighted by molar-refractivity contribution is -0.216. The Morgan fingerprint density at radius 2 is 1.63 bits per heavy atom. The molecule has 0 amide bonds. The van der Waals surface area contributed by atoms with E-state index < -0.39 is 11.5 Å². The molecule has 5 aliphatic rings. The van der Waals surface area contributed by atoms with Gasteiger partial charge in [0, 0.05) is 11.5 Å². The van der Waals surface area contributed by atoms with Crippen LogP contribution in [0.3, 0.4) is 0 Å². The second-order valence-electron chi connectivity index (χ2n) is 16.7. The summed E-state index contributed by atoms with van der Waals surface area (Å²) >= 11 is 0. The molecule has 0 radical (unpaired) electrons. The van der Waals surface area contributed by atoms with Crippen molar-refractivity contribution in [3.05, 3.63) is 23.3 Å². The number of hydrogen-bond acceptors (Lipinski definition) is 5. The lowest BCUT2D eigenvalue weighted by Crippen LogP contribution is -2.67. The first-order chi connectivity index (χ1) is 18.9. The molecule has 1 N–H and O–H groups in total. The van der Waals surface area contributed by atoms with Gasteiger partial charge in [0.05, 0.1) is 13.2 Å². The molecular formula is C36H56O5. The third-order valence-corrected chi connectivity index (χ3v) is 14.2. The smallest absolute Gasteiger partial charge is 0.333 e. The van der Waals surface area contributed by atoms with Crippen molar-refractivity contribution in [3.8, 4) is 0 Å². The highest BCUT2D eigenvalue weighted by Gasteiger charge is 2.71. The van der Waals surface area contributed by atoms with Crippen molar-refractivity contribution in [1.82, 2.24) is 0 Å². The molecule has 5 nitrogen and oxygen atoms in total. The van der Waals surface area contributed by atoms with Gasteiger partial charge in [-0.3, -0.25) is 4.79 Å². The quantitative estimate of drug-likeness (QED) is 0.214. The lowest BCUT2D eigenvalue weighted by atomic mass is 9.33. The number of aliphatic hydroxyl groups is 1. The standard InChI is InChI=1S/C36H56O5/c1-11-22(2)29(38)41-28-21-31(3,4)20-24-23-12-13-26-33(7)16-15-27(37)32(5,6)25(33)14-17-35(26,9)34(23,8)18-19-36(24,28)30(39)40-10/h11-12,24-28,37H,13-21H2,1-10H3/b22-11+/t24-,25-,26+,27-,28+,33-,34+,35+,36-/m0/s1. The molecule has 0 aromatic heterocycles. The molecule has 4 fully saturated rings. The Labute approximate surface area is 248 Å². The third kappa shape index (κ3) is 4.09. The molecule has 0 spiro atoms. The first-order valence-electron chi connectivity index (χ1n) is 16.3. The molecule has 0 bridgehead atoms. The van der Waals surface area contributed by atoms with E-state index in [9.17, 15) is 14.7 Å². The normalized spacial score (nSPS) is 46.6. The SMILES string of the molecule is C/C=C(\C)C(=O)O[C@@H]1CC(C)(C)C[C@H]2C3=CC[C@@H]4[C@@]5(C)CC[C@H](O)C(C)(C)[C@@H]5CC[C@@]4(C)[C@]3(C)CC[C@@]12C(=O)OC. The van der Waals surface area contributed by atoms with Crippen LogP contribution in [0.2, 0.25) is 0 Å². The predicted molar refractivity (Wildman–Crippen MR) is 162 cm³/mol. The zero-order chi connectivity index (χ0) is 30.4.